The molecule has 0 amide bonds. The van der Waals surface area contributed by atoms with Crippen LogP contribution in [0.15, 0.2) is 59.5 Å². The molecule has 2 rings (SSSR count). The molecule has 2 aromatic carbocycles. The van der Waals surface area contributed by atoms with E-state index in [-0.39, 0.29) is 11.3 Å². The van der Waals surface area contributed by atoms with E-state index < -0.39 is 27.9 Å². The zero-order chi connectivity index (χ0) is 16.2. The van der Waals surface area contributed by atoms with Crippen molar-refractivity contribution in [1.29, 1.82) is 0 Å². The van der Waals surface area contributed by atoms with E-state index >= 15 is 0 Å². The Kier molecular flexibility index (Phi) is 4.89. The quantitative estimate of drug-likeness (QED) is 0.837. The van der Waals surface area contributed by atoms with Crippen molar-refractivity contribution in [3.63, 3.8) is 0 Å². The minimum Gasteiger partial charge on any atom is -0.548 e. The van der Waals surface area contributed by atoms with Crippen LogP contribution in [0.4, 0.5) is 4.39 Å². The van der Waals surface area contributed by atoms with Gasteiger partial charge in [0, 0.05) is 0 Å². The molecular formula is C15H13FNO4S-. The lowest BCUT2D eigenvalue weighted by molar-refractivity contribution is -0.307. The second-order valence-electron chi connectivity index (χ2n) is 4.64. The van der Waals surface area contributed by atoms with Gasteiger partial charge in [-0.2, -0.15) is 0 Å². The number of hydrogen-bond donors (Lipinski definition) is 1. The van der Waals surface area contributed by atoms with Gasteiger partial charge in [-0.3, -0.25) is 0 Å². The Hall–Kier alpha value is -2.25. The molecule has 7 heteroatoms. The first-order valence-corrected chi connectivity index (χ1v) is 7.89. The SMILES string of the molecule is O=C([O-])[C@@H](Cc1ccccc1)NS(=O)(=O)c1ccc(F)cc1. The number of hydrogen-bond acceptors (Lipinski definition) is 4. The summed E-state index contributed by atoms with van der Waals surface area (Å²) in [5.74, 6) is -2.12. The van der Waals surface area contributed by atoms with Crippen LogP contribution in [0, 0.1) is 5.82 Å². The Bertz CT molecular complexity index is 745. The molecule has 0 fully saturated rings. The van der Waals surface area contributed by atoms with Crippen LogP contribution >= 0.6 is 0 Å². The van der Waals surface area contributed by atoms with Gasteiger partial charge in [-0.25, -0.2) is 17.5 Å². The minimum atomic E-state index is -4.08. The molecule has 116 valence electrons. The summed E-state index contributed by atoms with van der Waals surface area (Å²) in [4.78, 5) is 11.0. The molecule has 0 spiro atoms. The number of carbonyl (C=O) groups excluding carboxylic acids is 1. The number of halogens is 1. The maximum Gasteiger partial charge on any atom is 0.241 e. The number of aliphatic carboxylic acids is 1. The van der Waals surface area contributed by atoms with Crippen LogP contribution in [0.5, 0.6) is 0 Å². The molecule has 1 N–H and O–H groups in total. The summed E-state index contributed by atoms with van der Waals surface area (Å²) in [5.41, 5.74) is 0.651. The molecule has 0 aliphatic carbocycles. The van der Waals surface area contributed by atoms with E-state index in [0.29, 0.717) is 5.56 Å². The number of carbonyl (C=O) groups is 1. The molecule has 0 aliphatic heterocycles. The van der Waals surface area contributed by atoms with Crippen LogP contribution in [0.1, 0.15) is 5.56 Å². The van der Waals surface area contributed by atoms with Crippen molar-refractivity contribution in [3.8, 4) is 0 Å². The van der Waals surface area contributed by atoms with Crippen LogP contribution in [0.25, 0.3) is 0 Å². The molecule has 0 heterocycles. The molecule has 0 aromatic heterocycles. The Balaban J connectivity index is 2.20. The summed E-state index contributed by atoms with van der Waals surface area (Å²) in [6.45, 7) is 0. The third-order valence-electron chi connectivity index (χ3n) is 2.99. The van der Waals surface area contributed by atoms with Gasteiger partial charge in [0.2, 0.25) is 10.0 Å². The zero-order valence-corrected chi connectivity index (χ0v) is 12.2. The van der Waals surface area contributed by atoms with Gasteiger partial charge in [0.15, 0.2) is 0 Å². The Morgan fingerprint density at radius 2 is 1.68 bits per heavy atom. The number of benzene rings is 2. The van der Waals surface area contributed by atoms with Gasteiger partial charge >= 0.3 is 0 Å². The second kappa shape index (κ2) is 6.67. The number of carboxylic acids is 1. The Morgan fingerprint density at radius 1 is 1.09 bits per heavy atom. The first-order valence-electron chi connectivity index (χ1n) is 6.41. The van der Waals surface area contributed by atoms with Gasteiger partial charge in [0.05, 0.1) is 16.9 Å². The number of rotatable bonds is 6. The van der Waals surface area contributed by atoms with Crippen LogP contribution in [-0.4, -0.2) is 20.4 Å². The van der Waals surface area contributed by atoms with Crippen molar-refractivity contribution in [1.82, 2.24) is 4.72 Å². The van der Waals surface area contributed by atoms with Gasteiger partial charge in [0.25, 0.3) is 0 Å². The second-order valence-corrected chi connectivity index (χ2v) is 6.35. The summed E-state index contributed by atoms with van der Waals surface area (Å²) in [7, 11) is -4.08. The molecular weight excluding hydrogens is 309 g/mol. The maximum absolute atomic E-state index is 12.8. The van der Waals surface area contributed by atoms with Crippen LogP contribution in [0.3, 0.4) is 0 Å². The zero-order valence-electron chi connectivity index (χ0n) is 11.4. The van der Waals surface area contributed by atoms with Crippen molar-refractivity contribution < 1.29 is 22.7 Å². The normalized spacial score (nSPS) is 12.8. The highest BCUT2D eigenvalue weighted by molar-refractivity contribution is 7.89. The first-order chi connectivity index (χ1) is 10.4. The monoisotopic (exact) mass is 322 g/mol. The predicted octanol–water partition coefficient (Wildman–Crippen LogP) is 0.465. The lowest BCUT2D eigenvalue weighted by Gasteiger charge is -2.19. The van der Waals surface area contributed by atoms with E-state index in [0.717, 1.165) is 24.3 Å². The van der Waals surface area contributed by atoms with Crippen molar-refractivity contribution in [2.45, 2.75) is 17.4 Å². The van der Waals surface area contributed by atoms with Gasteiger partial charge < -0.3 is 9.90 Å². The summed E-state index contributed by atoms with van der Waals surface area (Å²) >= 11 is 0. The molecule has 2 aromatic rings. The molecule has 0 unspecified atom stereocenters. The van der Waals surface area contributed by atoms with E-state index in [4.69, 9.17) is 0 Å². The summed E-state index contributed by atoms with van der Waals surface area (Å²) in [6, 6.07) is 11.2. The summed E-state index contributed by atoms with van der Waals surface area (Å²) in [5, 5.41) is 11.2. The van der Waals surface area contributed by atoms with Gasteiger partial charge in [0.1, 0.15) is 5.82 Å². The van der Waals surface area contributed by atoms with Crippen molar-refractivity contribution in [2.75, 3.05) is 0 Å². The largest absolute Gasteiger partial charge is 0.548 e. The van der Waals surface area contributed by atoms with Crippen LogP contribution in [-0.2, 0) is 21.2 Å². The summed E-state index contributed by atoms with van der Waals surface area (Å²) < 4.78 is 39.1. The molecule has 0 aliphatic rings. The van der Waals surface area contributed by atoms with Crippen LogP contribution in [0.2, 0.25) is 0 Å². The average molecular weight is 322 g/mol. The molecule has 0 saturated heterocycles. The van der Waals surface area contributed by atoms with E-state index in [9.17, 15) is 22.7 Å². The Labute approximate surface area is 127 Å². The molecule has 22 heavy (non-hydrogen) atoms. The van der Waals surface area contributed by atoms with Crippen molar-refractivity contribution >= 4 is 16.0 Å². The highest BCUT2D eigenvalue weighted by atomic mass is 32.2. The molecule has 0 radical (unpaired) electrons. The van der Waals surface area contributed by atoms with E-state index in [1.807, 2.05) is 0 Å². The maximum atomic E-state index is 12.8. The smallest absolute Gasteiger partial charge is 0.241 e. The standard InChI is InChI=1S/C15H14FNO4S/c16-12-6-8-13(9-7-12)22(20,21)17-14(15(18)19)10-11-4-2-1-3-5-11/h1-9,14,17H,10H2,(H,18,19)/p-1/t14-/m1/s1. The molecule has 0 saturated carbocycles. The fourth-order valence-electron chi connectivity index (χ4n) is 1.89. The van der Waals surface area contributed by atoms with Crippen molar-refractivity contribution in [2.24, 2.45) is 0 Å². The van der Waals surface area contributed by atoms with E-state index in [1.54, 1.807) is 30.3 Å². The molecule has 0 bridgehead atoms. The lowest BCUT2D eigenvalue weighted by Crippen LogP contribution is -2.49. The third-order valence-corrected chi connectivity index (χ3v) is 4.48. The summed E-state index contributed by atoms with van der Waals surface area (Å²) in [6.07, 6.45) is -0.0520. The minimum absolute atomic E-state index is 0.0520. The van der Waals surface area contributed by atoms with Gasteiger partial charge in [-0.1, -0.05) is 30.3 Å². The highest BCUT2D eigenvalue weighted by Gasteiger charge is 2.21. The van der Waals surface area contributed by atoms with E-state index in [1.165, 1.54) is 0 Å². The fraction of sp³-hybridized carbons (Fsp3) is 0.133. The predicted molar refractivity (Wildman–Crippen MR) is 75.7 cm³/mol. The Morgan fingerprint density at radius 3 is 2.23 bits per heavy atom. The molecule has 5 nitrogen and oxygen atoms in total. The third kappa shape index (κ3) is 4.12. The molecule has 1 atom stereocenters. The average Bonchev–Trinajstić information content (AvgIpc) is 2.48. The highest BCUT2D eigenvalue weighted by Crippen LogP contribution is 2.12. The first kappa shape index (κ1) is 16.1. The fourth-order valence-corrected chi connectivity index (χ4v) is 3.08. The number of carboxylic acid groups (broad SMARTS) is 1. The van der Waals surface area contributed by atoms with Crippen LogP contribution < -0.4 is 9.83 Å². The number of sulfonamides is 1. The number of nitrogens with one attached hydrogen (secondary N) is 1. The van der Waals surface area contributed by atoms with E-state index in [2.05, 4.69) is 4.72 Å². The van der Waals surface area contributed by atoms with Crippen molar-refractivity contribution in [3.05, 3.63) is 66.0 Å². The van der Waals surface area contributed by atoms with Gasteiger partial charge in [-0.15, -0.1) is 0 Å². The topological polar surface area (TPSA) is 86.3 Å². The van der Waals surface area contributed by atoms with Gasteiger partial charge in [-0.05, 0) is 36.2 Å². The lowest BCUT2D eigenvalue weighted by atomic mass is 10.1.